The third kappa shape index (κ3) is 2.96. The first-order valence-corrected chi connectivity index (χ1v) is 6.59. The predicted molar refractivity (Wildman–Crippen MR) is 77.6 cm³/mol. The molecule has 20 heavy (non-hydrogen) atoms. The maximum Gasteiger partial charge on any atom is 0.253 e. The van der Waals surface area contributed by atoms with E-state index in [1.54, 1.807) is 13.4 Å². The van der Waals surface area contributed by atoms with Gasteiger partial charge in [0.1, 0.15) is 6.33 Å². The minimum absolute atomic E-state index is 0.122. The Kier molecular flexibility index (Phi) is 4.34. The highest BCUT2D eigenvalue weighted by Gasteiger charge is 2.12. The molecule has 106 valence electrons. The summed E-state index contributed by atoms with van der Waals surface area (Å²) in [5, 5.41) is 13.7. The van der Waals surface area contributed by atoms with E-state index in [0.29, 0.717) is 12.1 Å². The summed E-state index contributed by atoms with van der Waals surface area (Å²) >= 11 is 0. The standard InChI is InChI=1S/C14H19N5O/c1-4-19-9-17-18-13(19)8-16-14(20)11-7-10(2)5-6-12(11)15-3/h5-7,9,15H,4,8H2,1-3H3,(H,16,20). The van der Waals surface area contributed by atoms with Crippen LogP contribution in [0.15, 0.2) is 24.5 Å². The van der Waals surface area contributed by atoms with Gasteiger partial charge >= 0.3 is 0 Å². The van der Waals surface area contributed by atoms with Crippen molar-refractivity contribution >= 4 is 11.6 Å². The second-order valence-corrected chi connectivity index (χ2v) is 4.51. The number of anilines is 1. The molecule has 0 saturated carbocycles. The lowest BCUT2D eigenvalue weighted by Crippen LogP contribution is -2.25. The monoisotopic (exact) mass is 273 g/mol. The number of aromatic nitrogens is 3. The molecule has 0 unspecified atom stereocenters. The molecule has 0 aliphatic carbocycles. The molecule has 6 nitrogen and oxygen atoms in total. The van der Waals surface area contributed by atoms with Crippen molar-refractivity contribution in [3.8, 4) is 0 Å². The summed E-state index contributed by atoms with van der Waals surface area (Å²) in [6.07, 6.45) is 1.66. The molecule has 0 saturated heterocycles. The summed E-state index contributed by atoms with van der Waals surface area (Å²) in [5.41, 5.74) is 2.49. The molecule has 0 atom stereocenters. The molecule has 0 aliphatic heterocycles. The number of amides is 1. The molecule has 0 aliphatic rings. The Hall–Kier alpha value is -2.37. The molecule has 6 heteroatoms. The lowest BCUT2D eigenvalue weighted by Gasteiger charge is -2.11. The van der Waals surface area contributed by atoms with Crippen LogP contribution in [0.4, 0.5) is 5.69 Å². The smallest absolute Gasteiger partial charge is 0.253 e. The molecule has 1 heterocycles. The lowest BCUT2D eigenvalue weighted by atomic mass is 10.1. The quantitative estimate of drug-likeness (QED) is 0.867. The van der Waals surface area contributed by atoms with Gasteiger partial charge in [0.2, 0.25) is 0 Å². The van der Waals surface area contributed by atoms with Gasteiger partial charge in [-0.3, -0.25) is 4.79 Å². The molecule has 2 rings (SSSR count). The summed E-state index contributed by atoms with van der Waals surface area (Å²) in [6, 6.07) is 5.74. The van der Waals surface area contributed by atoms with Gasteiger partial charge < -0.3 is 15.2 Å². The van der Waals surface area contributed by atoms with E-state index in [1.807, 2.05) is 36.6 Å². The third-order valence-electron chi connectivity index (χ3n) is 3.13. The third-order valence-corrected chi connectivity index (χ3v) is 3.13. The van der Waals surface area contributed by atoms with E-state index >= 15 is 0 Å². The maximum absolute atomic E-state index is 12.3. The van der Waals surface area contributed by atoms with E-state index < -0.39 is 0 Å². The number of carbonyl (C=O) groups excluding carboxylic acids is 1. The van der Waals surface area contributed by atoms with Crippen LogP contribution in [0.5, 0.6) is 0 Å². The molecule has 1 amide bonds. The zero-order chi connectivity index (χ0) is 14.5. The van der Waals surface area contributed by atoms with Crippen molar-refractivity contribution in [1.82, 2.24) is 20.1 Å². The fourth-order valence-electron chi connectivity index (χ4n) is 2.00. The van der Waals surface area contributed by atoms with Crippen LogP contribution in [-0.4, -0.2) is 27.7 Å². The highest BCUT2D eigenvalue weighted by atomic mass is 16.1. The van der Waals surface area contributed by atoms with Crippen molar-refractivity contribution in [2.75, 3.05) is 12.4 Å². The zero-order valence-corrected chi connectivity index (χ0v) is 12.0. The normalized spacial score (nSPS) is 10.3. The highest BCUT2D eigenvalue weighted by molar-refractivity contribution is 5.99. The van der Waals surface area contributed by atoms with Crippen LogP contribution in [0, 0.1) is 6.92 Å². The zero-order valence-electron chi connectivity index (χ0n) is 12.0. The van der Waals surface area contributed by atoms with Crippen molar-refractivity contribution < 1.29 is 4.79 Å². The van der Waals surface area contributed by atoms with E-state index in [9.17, 15) is 4.79 Å². The van der Waals surface area contributed by atoms with Crippen molar-refractivity contribution in [3.05, 3.63) is 41.5 Å². The van der Waals surface area contributed by atoms with Crippen LogP contribution in [0.2, 0.25) is 0 Å². The van der Waals surface area contributed by atoms with E-state index in [2.05, 4.69) is 20.8 Å². The first kappa shape index (κ1) is 14.0. The number of aryl methyl sites for hydroxylation is 2. The molecular weight excluding hydrogens is 254 g/mol. The van der Waals surface area contributed by atoms with Gasteiger partial charge in [0.15, 0.2) is 5.82 Å². The molecule has 2 aromatic rings. The SMILES string of the molecule is CCn1cnnc1CNC(=O)c1cc(C)ccc1NC. The van der Waals surface area contributed by atoms with Crippen LogP contribution >= 0.6 is 0 Å². The van der Waals surface area contributed by atoms with Gasteiger partial charge in [0, 0.05) is 19.3 Å². The molecule has 2 N–H and O–H groups in total. The Labute approximate surface area is 118 Å². The summed E-state index contributed by atoms with van der Waals surface area (Å²) in [6.45, 7) is 5.12. The fraction of sp³-hybridized carbons (Fsp3) is 0.357. The summed E-state index contributed by atoms with van der Waals surface area (Å²) in [7, 11) is 1.80. The number of benzene rings is 1. The van der Waals surface area contributed by atoms with E-state index in [-0.39, 0.29) is 5.91 Å². The number of nitrogens with zero attached hydrogens (tertiary/aromatic N) is 3. The first-order valence-electron chi connectivity index (χ1n) is 6.59. The average Bonchev–Trinajstić information content (AvgIpc) is 2.92. The summed E-state index contributed by atoms with van der Waals surface area (Å²) < 4.78 is 1.90. The summed E-state index contributed by atoms with van der Waals surface area (Å²) in [4.78, 5) is 12.3. The van der Waals surface area contributed by atoms with E-state index in [4.69, 9.17) is 0 Å². The second-order valence-electron chi connectivity index (χ2n) is 4.51. The minimum Gasteiger partial charge on any atom is -0.387 e. The van der Waals surface area contributed by atoms with Crippen LogP contribution in [0.1, 0.15) is 28.7 Å². The fourth-order valence-corrected chi connectivity index (χ4v) is 2.00. The van der Waals surface area contributed by atoms with Crippen molar-refractivity contribution in [1.29, 1.82) is 0 Å². The minimum atomic E-state index is -0.122. The molecule has 1 aromatic carbocycles. The van der Waals surface area contributed by atoms with Gasteiger partial charge in [0.05, 0.1) is 12.1 Å². The van der Waals surface area contributed by atoms with Crippen LogP contribution in [0.3, 0.4) is 0 Å². The largest absolute Gasteiger partial charge is 0.387 e. The van der Waals surface area contributed by atoms with E-state index in [1.165, 1.54) is 0 Å². The van der Waals surface area contributed by atoms with Crippen molar-refractivity contribution in [2.45, 2.75) is 26.9 Å². The van der Waals surface area contributed by atoms with Crippen LogP contribution in [-0.2, 0) is 13.1 Å². The van der Waals surface area contributed by atoms with Crippen LogP contribution < -0.4 is 10.6 Å². The number of nitrogens with one attached hydrogen (secondary N) is 2. The maximum atomic E-state index is 12.3. The molecule has 0 radical (unpaired) electrons. The second kappa shape index (κ2) is 6.18. The van der Waals surface area contributed by atoms with Gasteiger partial charge in [-0.1, -0.05) is 11.6 Å². The lowest BCUT2D eigenvalue weighted by molar-refractivity contribution is 0.0950. The number of rotatable bonds is 5. The highest BCUT2D eigenvalue weighted by Crippen LogP contribution is 2.16. The van der Waals surface area contributed by atoms with Gasteiger partial charge in [-0.25, -0.2) is 0 Å². The van der Waals surface area contributed by atoms with Gasteiger partial charge in [-0.2, -0.15) is 0 Å². The van der Waals surface area contributed by atoms with Gasteiger partial charge in [-0.15, -0.1) is 10.2 Å². The molecule has 0 bridgehead atoms. The number of carbonyl (C=O) groups is 1. The average molecular weight is 273 g/mol. The Morgan fingerprint density at radius 1 is 1.40 bits per heavy atom. The first-order chi connectivity index (χ1) is 9.65. The molecular formula is C14H19N5O. The van der Waals surface area contributed by atoms with Crippen molar-refractivity contribution in [3.63, 3.8) is 0 Å². The Balaban J connectivity index is 2.11. The van der Waals surface area contributed by atoms with Gasteiger partial charge in [-0.05, 0) is 26.0 Å². The Morgan fingerprint density at radius 2 is 2.20 bits per heavy atom. The predicted octanol–water partition coefficient (Wildman–Crippen LogP) is 1.58. The summed E-state index contributed by atoms with van der Waals surface area (Å²) in [5.74, 6) is 0.628. The topological polar surface area (TPSA) is 71.8 Å². The van der Waals surface area contributed by atoms with Gasteiger partial charge in [0.25, 0.3) is 5.91 Å². The molecule has 1 aromatic heterocycles. The van der Waals surface area contributed by atoms with E-state index in [0.717, 1.165) is 23.6 Å². The molecule has 0 spiro atoms. The van der Waals surface area contributed by atoms with Crippen LogP contribution in [0.25, 0.3) is 0 Å². The number of hydrogen-bond acceptors (Lipinski definition) is 4. The molecule has 0 fully saturated rings. The Bertz CT molecular complexity index is 605. The Morgan fingerprint density at radius 3 is 2.90 bits per heavy atom. The van der Waals surface area contributed by atoms with Crippen molar-refractivity contribution in [2.24, 2.45) is 0 Å². The number of hydrogen-bond donors (Lipinski definition) is 2.